The van der Waals surface area contributed by atoms with Crippen molar-refractivity contribution in [1.29, 1.82) is 5.26 Å². The molecule has 6 heteroatoms. The summed E-state index contributed by atoms with van der Waals surface area (Å²) in [7, 11) is 1.46. The highest BCUT2D eigenvalue weighted by molar-refractivity contribution is 8.11. The van der Waals surface area contributed by atoms with Crippen molar-refractivity contribution < 1.29 is 8.42 Å². The van der Waals surface area contributed by atoms with E-state index in [1.165, 1.54) is 0 Å². The van der Waals surface area contributed by atoms with E-state index in [1.54, 1.807) is 0 Å². The van der Waals surface area contributed by atoms with Gasteiger partial charge in [0.25, 0.3) is 9.24 Å². The second-order valence-corrected chi connectivity index (χ2v) is 4.93. The van der Waals surface area contributed by atoms with Gasteiger partial charge in [-0.1, -0.05) is 0 Å². The molecular formula is C5H7ClN2O2S. The van der Waals surface area contributed by atoms with Crippen LogP contribution in [-0.4, -0.2) is 25.8 Å². The van der Waals surface area contributed by atoms with Crippen LogP contribution in [0.4, 0.5) is 0 Å². The summed E-state index contributed by atoms with van der Waals surface area (Å²) in [4.78, 5) is 0. The molecule has 1 fully saturated rings. The molecule has 1 heterocycles. The Morgan fingerprint density at radius 2 is 2.27 bits per heavy atom. The van der Waals surface area contributed by atoms with Crippen molar-refractivity contribution in [3.63, 3.8) is 0 Å². The van der Waals surface area contributed by atoms with Gasteiger partial charge in [-0.3, -0.25) is 0 Å². The second kappa shape index (κ2) is 2.97. The fourth-order valence-electron chi connectivity index (χ4n) is 1.03. The zero-order chi connectivity index (χ0) is 8.48. The predicted molar refractivity (Wildman–Crippen MR) is 40.1 cm³/mol. The van der Waals surface area contributed by atoms with Crippen molar-refractivity contribution in [2.75, 3.05) is 13.1 Å². The first-order chi connectivity index (χ1) is 5.04. The lowest BCUT2D eigenvalue weighted by atomic mass is 10.1. The van der Waals surface area contributed by atoms with Gasteiger partial charge in [-0.2, -0.15) is 18.0 Å². The maximum atomic E-state index is 10.7. The molecule has 0 unspecified atom stereocenters. The normalized spacial score (nSPS) is 26.7. The first-order valence-corrected chi connectivity index (χ1v) is 5.40. The van der Waals surface area contributed by atoms with E-state index in [2.05, 4.69) is 0 Å². The van der Waals surface area contributed by atoms with E-state index >= 15 is 0 Å². The lowest BCUT2D eigenvalue weighted by molar-refractivity contribution is 0.485. The number of halogens is 1. The van der Waals surface area contributed by atoms with Crippen molar-refractivity contribution in [3.8, 4) is 6.07 Å². The number of hydrogen-bond acceptors (Lipinski definition) is 3. The van der Waals surface area contributed by atoms with Crippen molar-refractivity contribution >= 4 is 19.9 Å². The fraction of sp³-hybridized carbons (Fsp3) is 0.800. The summed E-state index contributed by atoms with van der Waals surface area (Å²) in [6.45, 7) is 0.604. The van der Waals surface area contributed by atoms with Gasteiger partial charge in [0.1, 0.15) is 0 Å². The van der Waals surface area contributed by atoms with Crippen LogP contribution in [0.5, 0.6) is 0 Å². The summed E-state index contributed by atoms with van der Waals surface area (Å²) in [5.74, 6) is -0.191. The molecule has 0 aromatic rings. The Labute approximate surface area is 69.9 Å². The van der Waals surface area contributed by atoms with Gasteiger partial charge < -0.3 is 0 Å². The molecule has 0 bridgehead atoms. The standard InChI is InChI=1S/C5H7ClN2O2S/c6-11(9,10)8-2-1-5(3-7)4-8/h5H,1-2,4H2/t5-/m0/s1. The van der Waals surface area contributed by atoms with Crippen LogP contribution < -0.4 is 0 Å². The number of rotatable bonds is 1. The molecule has 1 rings (SSSR count). The summed E-state index contributed by atoms with van der Waals surface area (Å²) >= 11 is 0. The van der Waals surface area contributed by atoms with Crippen molar-refractivity contribution in [2.24, 2.45) is 5.92 Å². The molecule has 0 aromatic carbocycles. The van der Waals surface area contributed by atoms with Gasteiger partial charge in [-0.25, -0.2) is 0 Å². The first-order valence-electron chi connectivity index (χ1n) is 3.13. The molecule has 0 N–H and O–H groups in total. The summed E-state index contributed by atoms with van der Waals surface area (Å²) in [6, 6.07) is 2.00. The SMILES string of the molecule is N#C[C@@H]1CCN(S(=O)(=O)Cl)C1. The van der Waals surface area contributed by atoms with Crippen molar-refractivity contribution in [2.45, 2.75) is 6.42 Å². The molecule has 11 heavy (non-hydrogen) atoms. The van der Waals surface area contributed by atoms with Crippen LogP contribution >= 0.6 is 10.7 Å². The van der Waals surface area contributed by atoms with Gasteiger partial charge in [0.2, 0.25) is 0 Å². The third-order valence-electron chi connectivity index (χ3n) is 1.64. The average molecular weight is 195 g/mol. The third kappa shape index (κ3) is 2.06. The number of nitriles is 1. The Morgan fingerprint density at radius 3 is 2.55 bits per heavy atom. The third-order valence-corrected chi connectivity index (χ3v) is 3.18. The van der Waals surface area contributed by atoms with Gasteiger partial charge in [0.15, 0.2) is 0 Å². The molecule has 1 aliphatic rings. The van der Waals surface area contributed by atoms with E-state index in [1.807, 2.05) is 6.07 Å². The van der Waals surface area contributed by atoms with Gasteiger partial charge in [-0.05, 0) is 6.42 Å². The molecule has 0 saturated carbocycles. The molecule has 0 aliphatic carbocycles. The van der Waals surface area contributed by atoms with Crippen LogP contribution in [0.25, 0.3) is 0 Å². The van der Waals surface area contributed by atoms with Crippen LogP contribution in [0.1, 0.15) is 6.42 Å². The quantitative estimate of drug-likeness (QED) is 0.565. The number of nitrogens with zero attached hydrogens (tertiary/aromatic N) is 2. The highest BCUT2D eigenvalue weighted by atomic mass is 35.7. The topological polar surface area (TPSA) is 61.2 Å². The van der Waals surface area contributed by atoms with Gasteiger partial charge in [-0.15, -0.1) is 0 Å². The smallest absolute Gasteiger partial charge is 0.198 e. The van der Waals surface area contributed by atoms with Crippen LogP contribution in [-0.2, 0) is 9.24 Å². The largest absolute Gasteiger partial charge is 0.299 e. The minimum Gasteiger partial charge on any atom is -0.198 e. The van der Waals surface area contributed by atoms with Crippen LogP contribution in [0.2, 0.25) is 0 Å². The Morgan fingerprint density at radius 1 is 1.64 bits per heavy atom. The van der Waals surface area contributed by atoms with E-state index in [0.29, 0.717) is 13.0 Å². The molecule has 62 valence electrons. The highest BCUT2D eigenvalue weighted by Gasteiger charge is 2.29. The monoisotopic (exact) mass is 194 g/mol. The van der Waals surface area contributed by atoms with E-state index in [4.69, 9.17) is 15.9 Å². The summed E-state index contributed by atoms with van der Waals surface area (Å²) in [6.07, 6.45) is 0.586. The average Bonchev–Trinajstić information content (AvgIpc) is 2.32. The summed E-state index contributed by atoms with van der Waals surface area (Å²) < 4.78 is 22.5. The van der Waals surface area contributed by atoms with E-state index < -0.39 is 9.24 Å². The molecule has 1 aliphatic heterocycles. The second-order valence-electron chi connectivity index (χ2n) is 2.41. The van der Waals surface area contributed by atoms with Crippen molar-refractivity contribution in [3.05, 3.63) is 0 Å². The van der Waals surface area contributed by atoms with Gasteiger partial charge >= 0.3 is 0 Å². The van der Waals surface area contributed by atoms with Gasteiger partial charge in [0, 0.05) is 23.8 Å². The van der Waals surface area contributed by atoms with Crippen molar-refractivity contribution in [1.82, 2.24) is 4.31 Å². The summed E-state index contributed by atoms with van der Waals surface area (Å²) in [5.41, 5.74) is 0. The number of hydrogen-bond donors (Lipinski definition) is 0. The van der Waals surface area contributed by atoms with Crippen LogP contribution in [0.15, 0.2) is 0 Å². The Hall–Kier alpha value is -0.310. The zero-order valence-corrected chi connectivity index (χ0v) is 7.27. The first kappa shape index (κ1) is 8.78. The molecule has 0 amide bonds. The Bertz CT molecular complexity index is 281. The maximum Gasteiger partial charge on any atom is 0.299 e. The lowest BCUT2D eigenvalue weighted by Crippen LogP contribution is -2.23. The van der Waals surface area contributed by atoms with E-state index in [-0.39, 0.29) is 12.5 Å². The molecule has 0 radical (unpaired) electrons. The molecular weight excluding hydrogens is 188 g/mol. The minimum atomic E-state index is -3.59. The van der Waals surface area contributed by atoms with Crippen LogP contribution in [0, 0.1) is 17.2 Å². The molecule has 1 saturated heterocycles. The lowest BCUT2D eigenvalue weighted by Gasteiger charge is -2.07. The maximum absolute atomic E-state index is 10.7. The predicted octanol–water partition coefficient (Wildman–Crippen LogP) is 0.315. The highest BCUT2D eigenvalue weighted by Crippen LogP contribution is 2.20. The minimum absolute atomic E-state index is 0.191. The zero-order valence-electron chi connectivity index (χ0n) is 5.70. The molecule has 0 aromatic heterocycles. The summed E-state index contributed by atoms with van der Waals surface area (Å²) in [5, 5.41) is 8.43. The van der Waals surface area contributed by atoms with E-state index in [0.717, 1.165) is 4.31 Å². The Kier molecular flexibility index (Phi) is 2.37. The molecule has 0 spiro atoms. The fourth-order valence-corrected chi connectivity index (χ4v) is 2.09. The Balaban J connectivity index is 2.64. The van der Waals surface area contributed by atoms with Gasteiger partial charge in [0.05, 0.1) is 12.0 Å². The molecule has 4 nitrogen and oxygen atoms in total. The van der Waals surface area contributed by atoms with Crippen LogP contribution in [0.3, 0.4) is 0 Å². The molecule has 1 atom stereocenters. The van der Waals surface area contributed by atoms with E-state index in [9.17, 15) is 8.42 Å².